The molecule has 188 valence electrons. The fraction of sp³-hybridized carbons (Fsp3) is 0.0769. The fourth-order valence-corrected chi connectivity index (χ4v) is 5.30. The Balaban J connectivity index is 1.37. The molecule has 0 spiro atoms. The number of carbonyl (C=O) groups excluding carboxylic acids is 3. The molecule has 0 saturated carbocycles. The third kappa shape index (κ3) is 6.23. The number of amides is 3. The van der Waals surface area contributed by atoms with Crippen molar-refractivity contribution in [3.05, 3.63) is 97.5 Å². The number of aromatic hydroxyl groups is 1. The summed E-state index contributed by atoms with van der Waals surface area (Å²) >= 11 is 8.31. The predicted molar refractivity (Wildman–Crippen MR) is 147 cm³/mol. The van der Waals surface area contributed by atoms with Crippen LogP contribution < -0.4 is 16.5 Å². The third-order valence-electron chi connectivity index (χ3n) is 5.30. The van der Waals surface area contributed by atoms with Crippen LogP contribution in [-0.2, 0) is 6.54 Å². The van der Waals surface area contributed by atoms with Gasteiger partial charge in [0.25, 0.3) is 11.8 Å². The zero-order chi connectivity index (χ0) is 26.5. The minimum absolute atomic E-state index is 0.0688. The van der Waals surface area contributed by atoms with Crippen LogP contribution in [0.15, 0.2) is 71.1 Å². The van der Waals surface area contributed by atoms with E-state index in [-0.39, 0.29) is 18.2 Å². The lowest BCUT2D eigenvalue weighted by molar-refractivity contribution is 0.0950. The van der Waals surface area contributed by atoms with Crippen molar-refractivity contribution in [1.82, 2.24) is 10.7 Å². The van der Waals surface area contributed by atoms with E-state index >= 15 is 0 Å². The van der Waals surface area contributed by atoms with E-state index in [0.717, 1.165) is 22.5 Å². The summed E-state index contributed by atoms with van der Waals surface area (Å²) in [5.74, 6) is -1.31. The molecule has 11 heteroatoms. The normalized spacial score (nSPS) is 11.2. The maximum atomic E-state index is 12.6. The molecular formula is C26H21ClN4O4S2. The number of hydrazone groups is 1. The predicted octanol–water partition coefficient (Wildman–Crippen LogP) is 5.02. The van der Waals surface area contributed by atoms with Gasteiger partial charge < -0.3 is 16.2 Å². The van der Waals surface area contributed by atoms with Crippen LogP contribution in [0.5, 0.6) is 5.75 Å². The molecule has 4 aromatic rings. The molecule has 2 heterocycles. The zero-order valence-electron chi connectivity index (χ0n) is 19.4. The Hall–Kier alpha value is -3.99. The fourth-order valence-electron chi connectivity index (χ4n) is 3.35. The highest BCUT2D eigenvalue weighted by Gasteiger charge is 2.17. The summed E-state index contributed by atoms with van der Waals surface area (Å²) in [4.78, 5) is 37.7. The maximum Gasteiger partial charge on any atom is 0.281 e. The van der Waals surface area contributed by atoms with Crippen molar-refractivity contribution in [3.8, 4) is 16.2 Å². The Labute approximate surface area is 225 Å². The van der Waals surface area contributed by atoms with Crippen molar-refractivity contribution in [2.45, 2.75) is 13.5 Å². The first-order chi connectivity index (χ1) is 17.7. The van der Waals surface area contributed by atoms with Gasteiger partial charge in [0.15, 0.2) is 0 Å². The van der Waals surface area contributed by atoms with Crippen LogP contribution in [0.25, 0.3) is 10.4 Å². The van der Waals surface area contributed by atoms with Gasteiger partial charge in [-0.15, -0.1) is 22.7 Å². The Morgan fingerprint density at radius 1 is 1.03 bits per heavy atom. The maximum absolute atomic E-state index is 12.6. The zero-order valence-corrected chi connectivity index (χ0v) is 21.8. The average Bonchev–Trinajstić information content (AvgIpc) is 3.54. The number of nitrogens with one attached hydrogen (secondary N) is 2. The average molecular weight is 553 g/mol. The van der Waals surface area contributed by atoms with E-state index in [4.69, 9.17) is 17.3 Å². The van der Waals surface area contributed by atoms with Crippen molar-refractivity contribution in [2.24, 2.45) is 10.8 Å². The van der Waals surface area contributed by atoms with Gasteiger partial charge in [0, 0.05) is 22.5 Å². The van der Waals surface area contributed by atoms with Gasteiger partial charge >= 0.3 is 0 Å². The van der Waals surface area contributed by atoms with Crippen molar-refractivity contribution < 1.29 is 19.5 Å². The van der Waals surface area contributed by atoms with Gasteiger partial charge in [-0.2, -0.15) is 5.10 Å². The molecule has 0 fully saturated rings. The van der Waals surface area contributed by atoms with Gasteiger partial charge in [0.05, 0.1) is 25.9 Å². The van der Waals surface area contributed by atoms with Gasteiger partial charge in [0.2, 0.25) is 5.91 Å². The SMILES string of the molecule is C/C(=N\NC(=O)c1ccc(C(=O)NCc2cccc(C(N)=O)c2)s1)c1csc(-c2ccc(Cl)cc2)c1O. The van der Waals surface area contributed by atoms with Crippen LogP contribution in [0.4, 0.5) is 0 Å². The number of hydrogen-bond donors (Lipinski definition) is 4. The lowest BCUT2D eigenvalue weighted by atomic mass is 10.1. The molecule has 8 nitrogen and oxygen atoms in total. The second-order valence-corrected chi connectivity index (χ2v) is 10.3. The van der Waals surface area contributed by atoms with Crippen LogP contribution in [-0.4, -0.2) is 28.5 Å². The molecule has 0 aliphatic carbocycles. The molecule has 4 rings (SSSR count). The van der Waals surface area contributed by atoms with Gasteiger partial charge in [-0.05, 0) is 54.4 Å². The van der Waals surface area contributed by atoms with Crippen molar-refractivity contribution in [1.29, 1.82) is 0 Å². The van der Waals surface area contributed by atoms with E-state index in [9.17, 15) is 19.5 Å². The molecule has 37 heavy (non-hydrogen) atoms. The molecule has 0 unspecified atom stereocenters. The van der Waals surface area contributed by atoms with E-state index in [0.29, 0.717) is 36.5 Å². The van der Waals surface area contributed by atoms with E-state index in [1.165, 1.54) is 17.4 Å². The number of hydrogen-bond acceptors (Lipinski definition) is 7. The summed E-state index contributed by atoms with van der Waals surface area (Å²) < 4.78 is 0. The van der Waals surface area contributed by atoms with E-state index < -0.39 is 11.8 Å². The number of primary amides is 1. The van der Waals surface area contributed by atoms with Crippen LogP contribution in [0.3, 0.4) is 0 Å². The second-order valence-electron chi connectivity index (χ2n) is 7.88. The largest absolute Gasteiger partial charge is 0.506 e. The van der Waals surface area contributed by atoms with Gasteiger partial charge in [-0.1, -0.05) is 35.9 Å². The van der Waals surface area contributed by atoms with E-state index in [2.05, 4.69) is 15.8 Å². The molecule has 0 saturated heterocycles. The summed E-state index contributed by atoms with van der Waals surface area (Å²) in [6.07, 6.45) is 0. The Bertz CT molecular complexity index is 1510. The minimum Gasteiger partial charge on any atom is -0.506 e. The van der Waals surface area contributed by atoms with Crippen molar-refractivity contribution in [2.75, 3.05) is 0 Å². The number of rotatable bonds is 8. The first kappa shape index (κ1) is 26.1. The molecule has 5 N–H and O–H groups in total. The Morgan fingerprint density at radius 3 is 2.43 bits per heavy atom. The topological polar surface area (TPSA) is 134 Å². The van der Waals surface area contributed by atoms with Crippen molar-refractivity contribution >= 4 is 57.7 Å². The number of nitrogens with two attached hydrogens (primary N) is 1. The summed E-state index contributed by atoms with van der Waals surface area (Å²) in [5, 5.41) is 19.9. The highest BCUT2D eigenvalue weighted by Crippen LogP contribution is 2.39. The molecule has 0 atom stereocenters. The molecule has 0 aliphatic heterocycles. The van der Waals surface area contributed by atoms with Crippen LogP contribution in [0, 0.1) is 0 Å². The van der Waals surface area contributed by atoms with Crippen LogP contribution >= 0.6 is 34.3 Å². The third-order valence-corrected chi connectivity index (χ3v) is 7.66. The molecular weight excluding hydrogens is 532 g/mol. The van der Waals surface area contributed by atoms with Crippen LogP contribution in [0.2, 0.25) is 5.02 Å². The summed E-state index contributed by atoms with van der Waals surface area (Å²) in [7, 11) is 0. The summed E-state index contributed by atoms with van der Waals surface area (Å²) in [5.41, 5.74) is 10.6. The summed E-state index contributed by atoms with van der Waals surface area (Å²) in [6.45, 7) is 1.87. The molecule has 0 aliphatic rings. The minimum atomic E-state index is -0.545. The first-order valence-electron chi connectivity index (χ1n) is 10.9. The monoisotopic (exact) mass is 552 g/mol. The molecule has 2 aromatic carbocycles. The smallest absolute Gasteiger partial charge is 0.281 e. The van der Waals surface area contributed by atoms with Gasteiger partial charge in [0.1, 0.15) is 5.75 Å². The number of nitrogens with zero attached hydrogens (tertiary/aromatic N) is 1. The lowest BCUT2D eigenvalue weighted by Crippen LogP contribution is -2.22. The Morgan fingerprint density at radius 2 is 1.73 bits per heavy atom. The number of halogens is 1. The highest BCUT2D eigenvalue weighted by atomic mass is 35.5. The van der Waals surface area contributed by atoms with Crippen LogP contribution in [0.1, 0.15) is 47.8 Å². The van der Waals surface area contributed by atoms with Gasteiger partial charge in [-0.25, -0.2) is 5.43 Å². The van der Waals surface area contributed by atoms with Crippen molar-refractivity contribution in [3.63, 3.8) is 0 Å². The molecule has 0 bridgehead atoms. The quantitative estimate of drug-likeness (QED) is 0.180. The number of benzene rings is 2. The summed E-state index contributed by atoms with van der Waals surface area (Å²) in [6, 6.07) is 16.9. The molecule has 2 aromatic heterocycles. The van der Waals surface area contributed by atoms with E-state index in [1.54, 1.807) is 54.8 Å². The number of thiophene rings is 2. The standard InChI is InChI=1S/C26H21ClN4O4S2/c1-14(19-13-36-23(22(19)32)16-5-7-18(27)8-6-16)30-31-26(35)21-10-9-20(37-21)25(34)29-12-15-3-2-4-17(11-15)24(28)33/h2-11,13,32H,12H2,1H3,(H2,28,33)(H,29,34)(H,31,35)/b30-14+. The van der Waals surface area contributed by atoms with Gasteiger partial charge in [-0.3, -0.25) is 14.4 Å². The highest BCUT2D eigenvalue weighted by molar-refractivity contribution is 7.16. The lowest BCUT2D eigenvalue weighted by Gasteiger charge is -2.05. The first-order valence-corrected chi connectivity index (χ1v) is 13.0. The van der Waals surface area contributed by atoms with E-state index in [1.807, 2.05) is 12.1 Å². The second kappa shape index (κ2) is 11.4. The Kier molecular flexibility index (Phi) is 8.02. The number of carbonyl (C=O) groups is 3. The molecule has 0 radical (unpaired) electrons. The molecule has 3 amide bonds.